The number of benzene rings is 1. The first-order chi connectivity index (χ1) is 8.07. The zero-order chi connectivity index (χ0) is 12.0. The molecule has 90 valence electrons. The molecule has 0 aliphatic heterocycles. The molecule has 0 unspecified atom stereocenters. The molecule has 0 spiro atoms. The molecule has 0 radical (unpaired) electrons. The van der Waals surface area contributed by atoms with Gasteiger partial charge in [0.05, 0.1) is 11.0 Å². The zero-order valence-corrected chi connectivity index (χ0v) is 9.86. The van der Waals surface area contributed by atoms with E-state index in [9.17, 15) is 4.39 Å². The van der Waals surface area contributed by atoms with Crippen molar-refractivity contribution in [2.75, 3.05) is 0 Å². The van der Waals surface area contributed by atoms with Crippen LogP contribution in [-0.2, 0) is 13.5 Å². The number of para-hydroxylation sites is 2. The molecule has 3 rings (SSSR count). The van der Waals surface area contributed by atoms with Crippen LogP contribution in [0.5, 0.6) is 0 Å². The fourth-order valence-corrected chi connectivity index (χ4v) is 2.66. The van der Waals surface area contributed by atoms with Crippen molar-refractivity contribution in [1.82, 2.24) is 9.55 Å². The van der Waals surface area contributed by atoms with E-state index in [1.54, 1.807) is 0 Å². The van der Waals surface area contributed by atoms with Crippen molar-refractivity contribution < 1.29 is 4.39 Å². The van der Waals surface area contributed by atoms with Crippen LogP contribution in [0.3, 0.4) is 0 Å². The third kappa shape index (κ3) is 1.72. The topological polar surface area (TPSA) is 43.8 Å². The van der Waals surface area contributed by atoms with E-state index in [4.69, 9.17) is 5.73 Å². The molecule has 2 N–H and O–H groups in total. The third-order valence-corrected chi connectivity index (χ3v) is 3.61. The smallest absolute Gasteiger partial charge is 0.121 e. The number of alkyl halides is 1. The van der Waals surface area contributed by atoms with Crippen LogP contribution in [0.25, 0.3) is 11.0 Å². The maximum absolute atomic E-state index is 14.2. The predicted molar refractivity (Wildman–Crippen MR) is 65.5 cm³/mol. The Labute approximate surface area is 99.4 Å². The summed E-state index contributed by atoms with van der Waals surface area (Å²) in [7, 11) is 1.94. The highest BCUT2D eigenvalue weighted by Gasteiger charge is 2.43. The quantitative estimate of drug-likeness (QED) is 0.861. The minimum atomic E-state index is -1.14. The fraction of sp³-hybridized carbons (Fsp3) is 0.462. The van der Waals surface area contributed by atoms with Crippen molar-refractivity contribution in [2.45, 2.75) is 31.0 Å². The highest BCUT2D eigenvalue weighted by atomic mass is 19.1. The van der Waals surface area contributed by atoms with E-state index in [0.29, 0.717) is 19.3 Å². The highest BCUT2D eigenvalue weighted by molar-refractivity contribution is 5.75. The number of fused-ring (bicyclic) bond motifs is 1. The van der Waals surface area contributed by atoms with Crippen LogP contribution in [0.2, 0.25) is 0 Å². The van der Waals surface area contributed by atoms with Gasteiger partial charge in [-0.2, -0.15) is 0 Å². The lowest BCUT2D eigenvalue weighted by molar-refractivity contribution is 0.0419. The van der Waals surface area contributed by atoms with Crippen molar-refractivity contribution >= 4 is 11.0 Å². The van der Waals surface area contributed by atoms with Crippen LogP contribution in [0, 0.1) is 0 Å². The number of halogens is 1. The summed E-state index contributed by atoms with van der Waals surface area (Å²) in [5.41, 5.74) is 6.49. The Balaban J connectivity index is 1.93. The van der Waals surface area contributed by atoms with Crippen LogP contribution in [-0.4, -0.2) is 21.3 Å². The van der Waals surface area contributed by atoms with Gasteiger partial charge in [0, 0.05) is 19.5 Å². The van der Waals surface area contributed by atoms with Crippen LogP contribution in [0.4, 0.5) is 4.39 Å². The molecule has 1 aromatic heterocycles. The average Bonchev–Trinajstić information content (AvgIpc) is 2.55. The lowest BCUT2D eigenvalue weighted by Gasteiger charge is -2.39. The summed E-state index contributed by atoms with van der Waals surface area (Å²) in [5, 5.41) is 0. The molecule has 1 aromatic carbocycles. The first kappa shape index (κ1) is 10.7. The van der Waals surface area contributed by atoms with E-state index in [0.717, 1.165) is 16.9 Å². The summed E-state index contributed by atoms with van der Waals surface area (Å²) in [6, 6.07) is 7.90. The average molecular weight is 233 g/mol. The van der Waals surface area contributed by atoms with Gasteiger partial charge in [0.25, 0.3) is 0 Å². The van der Waals surface area contributed by atoms with Crippen LogP contribution in [0.1, 0.15) is 18.7 Å². The maximum atomic E-state index is 14.2. The van der Waals surface area contributed by atoms with Gasteiger partial charge in [0.2, 0.25) is 0 Å². The molecule has 1 heterocycles. The monoisotopic (exact) mass is 233 g/mol. The van der Waals surface area contributed by atoms with E-state index in [1.165, 1.54) is 0 Å². The Bertz CT molecular complexity index is 555. The van der Waals surface area contributed by atoms with Gasteiger partial charge in [0.15, 0.2) is 0 Å². The van der Waals surface area contributed by atoms with Crippen LogP contribution in [0.15, 0.2) is 24.3 Å². The molecule has 1 saturated carbocycles. The van der Waals surface area contributed by atoms with Crippen molar-refractivity contribution in [3.05, 3.63) is 30.1 Å². The molecular formula is C13H16FN3. The van der Waals surface area contributed by atoms with Crippen molar-refractivity contribution in [3.63, 3.8) is 0 Å². The number of rotatable bonds is 2. The summed E-state index contributed by atoms with van der Waals surface area (Å²) >= 11 is 0. The molecule has 17 heavy (non-hydrogen) atoms. The van der Waals surface area contributed by atoms with Gasteiger partial charge in [0.1, 0.15) is 11.5 Å². The molecule has 0 bridgehead atoms. The van der Waals surface area contributed by atoms with Crippen LogP contribution < -0.4 is 5.73 Å². The highest BCUT2D eigenvalue weighted by Crippen LogP contribution is 2.38. The third-order valence-electron chi connectivity index (χ3n) is 3.61. The molecule has 1 aliphatic carbocycles. The zero-order valence-electron chi connectivity index (χ0n) is 9.86. The standard InChI is InChI=1S/C13H16FN3/c1-17-11-5-3-2-4-10(11)16-12(17)8-13(14)6-9(15)7-13/h2-5,9H,6-8,15H2,1H3. The van der Waals surface area contributed by atoms with Gasteiger partial charge in [-0.05, 0) is 25.0 Å². The summed E-state index contributed by atoms with van der Waals surface area (Å²) < 4.78 is 16.2. The van der Waals surface area contributed by atoms with Gasteiger partial charge < -0.3 is 10.3 Å². The number of nitrogens with zero attached hydrogens (tertiary/aromatic N) is 2. The molecule has 0 atom stereocenters. The summed E-state index contributed by atoms with van der Waals surface area (Å²) in [5.74, 6) is 0.806. The number of hydrogen-bond donors (Lipinski definition) is 1. The van der Waals surface area contributed by atoms with Crippen LogP contribution >= 0.6 is 0 Å². The minimum absolute atomic E-state index is 0.0229. The van der Waals surface area contributed by atoms with Crippen molar-refractivity contribution in [1.29, 1.82) is 0 Å². The normalized spacial score (nSPS) is 28.3. The molecule has 1 aliphatic rings. The lowest BCUT2D eigenvalue weighted by atomic mass is 9.75. The summed E-state index contributed by atoms with van der Waals surface area (Å²) in [6.45, 7) is 0. The van der Waals surface area contributed by atoms with Gasteiger partial charge in [-0.1, -0.05) is 12.1 Å². The largest absolute Gasteiger partial charge is 0.331 e. The number of nitrogens with two attached hydrogens (primary N) is 1. The van der Waals surface area contributed by atoms with Gasteiger partial charge >= 0.3 is 0 Å². The SMILES string of the molecule is Cn1c(CC2(F)CC(N)C2)nc2ccccc21. The molecule has 4 heteroatoms. The number of hydrogen-bond acceptors (Lipinski definition) is 2. The summed E-state index contributed by atoms with van der Waals surface area (Å²) in [6.07, 6.45) is 1.28. The predicted octanol–water partition coefficient (Wildman–Crippen LogP) is 1.95. The Morgan fingerprint density at radius 3 is 2.82 bits per heavy atom. The molecule has 0 saturated heterocycles. The van der Waals surface area contributed by atoms with E-state index in [1.807, 2.05) is 35.9 Å². The lowest BCUT2D eigenvalue weighted by Crippen LogP contribution is -2.50. The molecular weight excluding hydrogens is 217 g/mol. The molecule has 3 nitrogen and oxygen atoms in total. The second-order valence-electron chi connectivity index (χ2n) is 5.07. The number of aryl methyl sites for hydroxylation is 1. The van der Waals surface area contributed by atoms with Gasteiger partial charge in [-0.25, -0.2) is 9.37 Å². The summed E-state index contributed by atoms with van der Waals surface area (Å²) in [4.78, 5) is 4.49. The number of imidazole rings is 1. The van der Waals surface area contributed by atoms with Gasteiger partial charge in [-0.3, -0.25) is 0 Å². The van der Waals surface area contributed by atoms with Crippen molar-refractivity contribution in [2.24, 2.45) is 12.8 Å². The minimum Gasteiger partial charge on any atom is -0.331 e. The maximum Gasteiger partial charge on any atom is 0.121 e. The first-order valence-electron chi connectivity index (χ1n) is 5.92. The van der Waals surface area contributed by atoms with E-state index < -0.39 is 5.67 Å². The Hall–Kier alpha value is -1.42. The second kappa shape index (κ2) is 3.53. The molecule has 1 fully saturated rings. The van der Waals surface area contributed by atoms with Crippen molar-refractivity contribution in [3.8, 4) is 0 Å². The van der Waals surface area contributed by atoms with E-state index in [-0.39, 0.29) is 6.04 Å². The first-order valence-corrected chi connectivity index (χ1v) is 5.92. The molecule has 2 aromatic rings. The Morgan fingerprint density at radius 1 is 1.47 bits per heavy atom. The Kier molecular flexibility index (Phi) is 2.23. The molecule has 0 amide bonds. The number of aromatic nitrogens is 2. The Morgan fingerprint density at radius 2 is 2.18 bits per heavy atom. The van der Waals surface area contributed by atoms with E-state index >= 15 is 0 Å². The second-order valence-corrected chi connectivity index (χ2v) is 5.07. The van der Waals surface area contributed by atoms with E-state index in [2.05, 4.69) is 4.98 Å². The fourth-order valence-electron chi connectivity index (χ4n) is 2.66. The van der Waals surface area contributed by atoms with Gasteiger partial charge in [-0.15, -0.1) is 0 Å².